The number of carbonyl (C=O) groups excluding carboxylic acids is 1. The monoisotopic (exact) mass is 235 g/mol. The Labute approximate surface area is 99.9 Å². The molecule has 1 aliphatic heterocycles. The average Bonchev–Trinajstić information content (AvgIpc) is 2.38. The minimum atomic E-state index is -0.107. The molecule has 0 aliphatic carbocycles. The summed E-state index contributed by atoms with van der Waals surface area (Å²) in [4.78, 5) is 31.3. The van der Waals surface area contributed by atoms with Crippen LogP contribution in [0.3, 0.4) is 0 Å². The van der Waals surface area contributed by atoms with E-state index < -0.39 is 0 Å². The fourth-order valence-corrected chi connectivity index (χ4v) is 2.09. The molecule has 1 aromatic rings. The van der Waals surface area contributed by atoms with Crippen molar-refractivity contribution in [2.24, 2.45) is 5.92 Å². The topological polar surface area (TPSA) is 66.1 Å². The summed E-state index contributed by atoms with van der Waals surface area (Å²) in [5, 5.41) is 0. The molecule has 2 heterocycles. The highest BCUT2D eigenvalue weighted by Crippen LogP contribution is 2.19. The summed E-state index contributed by atoms with van der Waals surface area (Å²) in [7, 11) is 0. The Bertz CT molecular complexity index is 447. The molecule has 1 saturated heterocycles. The Morgan fingerprint density at radius 2 is 2.24 bits per heavy atom. The highest BCUT2D eigenvalue weighted by atomic mass is 16.1. The van der Waals surface area contributed by atoms with Gasteiger partial charge in [-0.15, -0.1) is 0 Å². The second-order valence-electron chi connectivity index (χ2n) is 4.36. The quantitative estimate of drug-likeness (QED) is 0.785. The van der Waals surface area contributed by atoms with E-state index in [0.717, 1.165) is 38.0 Å². The number of hydrogen-bond donors (Lipinski definition) is 1. The SMILES string of the molecule is CCc1nc(N2CCC(C=O)CC2)cc(=O)[nH]1. The molecule has 0 spiro atoms. The molecule has 0 amide bonds. The Kier molecular flexibility index (Phi) is 3.56. The van der Waals surface area contributed by atoms with Gasteiger partial charge in [0.05, 0.1) is 0 Å². The molecular weight excluding hydrogens is 218 g/mol. The van der Waals surface area contributed by atoms with E-state index in [2.05, 4.69) is 14.9 Å². The van der Waals surface area contributed by atoms with Crippen LogP contribution < -0.4 is 10.5 Å². The van der Waals surface area contributed by atoms with Crippen LogP contribution >= 0.6 is 0 Å². The predicted octanol–water partition coefficient (Wildman–Crippen LogP) is 0.748. The number of rotatable bonds is 3. The highest BCUT2D eigenvalue weighted by Gasteiger charge is 2.19. The summed E-state index contributed by atoms with van der Waals surface area (Å²) < 4.78 is 0. The molecule has 2 rings (SSSR count). The van der Waals surface area contributed by atoms with Gasteiger partial charge in [-0.05, 0) is 12.8 Å². The van der Waals surface area contributed by atoms with E-state index in [0.29, 0.717) is 12.2 Å². The van der Waals surface area contributed by atoms with E-state index in [1.807, 2.05) is 6.92 Å². The van der Waals surface area contributed by atoms with Crippen LogP contribution in [0.2, 0.25) is 0 Å². The number of nitrogens with zero attached hydrogens (tertiary/aromatic N) is 2. The van der Waals surface area contributed by atoms with Crippen molar-refractivity contribution >= 4 is 12.1 Å². The molecule has 0 saturated carbocycles. The molecule has 1 N–H and O–H groups in total. The summed E-state index contributed by atoms with van der Waals surface area (Å²) in [5.74, 6) is 1.61. The number of aromatic nitrogens is 2. The van der Waals surface area contributed by atoms with Gasteiger partial charge in [0.15, 0.2) is 0 Å². The van der Waals surface area contributed by atoms with Crippen molar-refractivity contribution in [3.8, 4) is 0 Å². The third-order valence-corrected chi connectivity index (χ3v) is 3.17. The fraction of sp³-hybridized carbons (Fsp3) is 0.583. The predicted molar refractivity (Wildman–Crippen MR) is 65.2 cm³/mol. The minimum Gasteiger partial charge on any atom is -0.356 e. The molecule has 0 bridgehead atoms. The Balaban J connectivity index is 2.15. The third kappa shape index (κ3) is 2.72. The van der Waals surface area contributed by atoms with Gasteiger partial charge in [0.1, 0.15) is 17.9 Å². The van der Waals surface area contributed by atoms with Gasteiger partial charge in [0.25, 0.3) is 5.56 Å². The number of aryl methyl sites for hydroxylation is 1. The first-order valence-corrected chi connectivity index (χ1v) is 6.03. The number of nitrogens with one attached hydrogen (secondary N) is 1. The molecule has 1 aliphatic rings. The zero-order chi connectivity index (χ0) is 12.3. The Morgan fingerprint density at radius 1 is 1.53 bits per heavy atom. The Hall–Kier alpha value is -1.65. The second kappa shape index (κ2) is 5.12. The molecule has 5 nitrogen and oxygen atoms in total. The lowest BCUT2D eigenvalue weighted by Gasteiger charge is -2.30. The molecule has 92 valence electrons. The van der Waals surface area contributed by atoms with Gasteiger partial charge >= 0.3 is 0 Å². The van der Waals surface area contributed by atoms with Crippen LogP contribution in [0.5, 0.6) is 0 Å². The van der Waals surface area contributed by atoms with E-state index in [-0.39, 0.29) is 11.5 Å². The minimum absolute atomic E-state index is 0.107. The molecule has 5 heteroatoms. The lowest BCUT2D eigenvalue weighted by molar-refractivity contribution is -0.111. The molecule has 1 fully saturated rings. The number of aromatic amines is 1. The number of aldehydes is 1. The molecule has 0 atom stereocenters. The first kappa shape index (κ1) is 11.8. The van der Waals surface area contributed by atoms with Crippen molar-refractivity contribution in [1.29, 1.82) is 0 Å². The lowest BCUT2D eigenvalue weighted by atomic mass is 9.99. The fourth-order valence-electron chi connectivity index (χ4n) is 2.09. The second-order valence-corrected chi connectivity index (χ2v) is 4.36. The van der Waals surface area contributed by atoms with Crippen LogP contribution in [-0.4, -0.2) is 29.3 Å². The van der Waals surface area contributed by atoms with Gasteiger partial charge in [-0.2, -0.15) is 0 Å². The van der Waals surface area contributed by atoms with Crippen molar-refractivity contribution in [2.45, 2.75) is 26.2 Å². The summed E-state index contributed by atoms with van der Waals surface area (Å²) in [5.41, 5.74) is -0.107. The molecule has 0 radical (unpaired) electrons. The number of H-pyrrole nitrogens is 1. The standard InChI is InChI=1S/C12H17N3O2/c1-2-10-13-11(7-12(17)14-10)15-5-3-9(8-16)4-6-15/h7-9H,2-6H2,1H3,(H,13,14,17). The van der Waals surface area contributed by atoms with Crippen LogP contribution in [0.25, 0.3) is 0 Å². The van der Waals surface area contributed by atoms with Gasteiger partial charge in [0, 0.05) is 31.5 Å². The summed E-state index contributed by atoms with van der Waals surface area (Å²) in [6, 6.07) is 1.53. The van der Waals surface area contributed by atoms with Crippen molar-refractivity contribution in [3.63, 3.8) is 0 Å². The van der Waals surface area contributed by atoms with Crippen LogP contribution in [0.15, 0.2) is 10.9 Å². The maximum atomic E-state index is 11.5. The number of carbonyl (C=O) groups is 1. The van der Waals surface area contributed by atoms with Gasteiger partial charge in [-0.1, -0.05) is 6.92 Å². The van der Waals surface area contributed by atoms with E-state index >= 15 is 0 Å². The van der Waals surface area contributed by atoms with Crippen LogP contribution in [0.4, 0.5) is 5.82 Å². The van der Waals surface area contributed by atoms with Crippen molar-refractivity contribution in [1.82, 2.24) is 9.97 Å². The molecule has 0 unspecified atom stereocenters. The lowest BCUT2D eigenvalue weighted by Crippen LogP contribution is -2.35. The van der Waals surface area contributed by atoms with E-state index in [9.17, 15) is 9.59 Å². The van der Waals surface area contributed by atoms with Crippen molar-refractivity contribution < 1.29 is 4.79 Å². The molecule has 17 heavy (non-hydrogen) atoms. The number of hydrogen-bond acceptors (Lipinski definition) is 4. The summed E-state index contributed by atoms with van der Waals surface area (Å²) in [6.45, 7) is 3.55. The van der Waals surface area contributed by atoms with Gasteiger partial charge in [-0.25, -0.2) is 4.98 Å². The number of piperidine rings is 1. The smallest absolute Gasteiger partial charge is 0.252 e. The van der Waals surface area contributed by atoms with E-state index in [1.165, 1.54) is 6.07 Å². The third-order valence-electron chi connectivity index (χ3n) is 3.17. The van der Waals surface area contributed by atoms with Crippen LogP contribution in [0.1, 0.15) is 25.6 Å². The van der Waals surface area contributed by atoms with Gasteiger partial charge in [-0.3, -0.25) is 4.79 Å². The normalized spacial score (nSPS) is 17.1. The summed E-state index contributed by atoms with van der Waals surface area (Å²) >= 11 is 0. The maximum absolute atomic E-state index is 11.5. The summed E-state index contributed by atoms with van der Waals surface area (Å²) in [6.07, 6.45) is 3.44. The zero-order valence-corrected chi connectivity index (χ0v) is 9.98. The molecule has 0 aromatic carbocycles. The Morgan fingerprint density at radius 3 is 2.82 bits per heavy atom. The van der Waals surface area contributed by atoms with Crippen LogP contribution in [-0.2, 0) is 11.2 Å². The molecule has 1 aromatic heterocycles. The van der Waals surface area contributed by atoms with Gasteiger partial charge in [0.2, 0.25) is 0 Å². The van der Waals surface area contributed by atoms with Gasteiger partial charge < -0.3 is 14.7 Å². The van der Waals surface area contributed by atoms with E-state index in [1.54, 1.807) is 0 Å². The highest BCUT2D eigenvalue weighted by molar-refractivity contribution is 5.54. The first-order valence-electron chi connectivity index (χ1n) is 6.03. The largest absolute Gasteiger partial charge is 0.356 e. The van der Waals surface area contributed by atoms with Crippen LogP contribution in [0, 0.1) is 5.92 Å². The van der Waals surface area contributed by atoms with Crippen molar-refractivity contribution in [2.75, 3.05) is 18.0 Å². The maximum Gasteiger partial charge on any atom is 0.252 e. The number of anilines is 1. The van der Waals surface area contributed by atoms with Crippen molar-refractivity contribution in [3.05, 3.63) is 22.2 Å². The van der Waals surface area contributed by atoms with E-state index in [4.69, 9.17) is 0 Å². The molecular formula is C12H17N3O2. The first-order chi connectivity index (χ1) is 8.22. The average molecular weight is 235 g/mol. The zero-order valence-electron chi connectivity index (χ0n) is 9.98.